The van der Waals surface area contributed by atoms with E-state index < -0.39 is 11.3 Å². The number of rotatable bonds is 0. The van der Waals surface area contributed by atoms with E-state index in [2.05, 4.69) is 5.32 Å². The average molecular weight is 270 g/mol. The summed E-state index contributed by atoms with van der Waals surface area (Å²) in [6.07, 6.45) is 4.87. The molecule has 5 rings (SSSR count). The van der Waals surface area contributed by atoms with Gasteiger partial charge in [0.05, 0.1) is 12.2 Å². The third kappa shape index (κ3) is 0.991. The number of carbonyl (C=O) groups is 1. The van der Waals surface area contributed by atoms with Crippen molar-refractivity contribution in [2.24, 2.45) is 0 Å². The second-order valence-corrected chi connectivity index (χ2v) is 5.97. The molecule has 0 unspecified atom stereocenters. The summed E-state index contributed by atoms with van der Waals surface area (Å²) < 4.78 is 6.11. The van der Waals surface area contributed by atoms with Crippen LogP contribution in [0, 0.1) is 0 Å². The molecule has 5 heteroatoms. The van der Waals surface area contributed by atoms with E-state index in [1.165, 1.54) is 0 Å². The van der Waals surface area contributed by atoms with E-state index in [4.69, 9.17) is 4.74 Å². The van der Waals surface area contributed by atoms with Crippen molar-refractivity contribution in [1.82, 2.24) is 5.32 Å². The van der Waals surface area contributed by atoms with E-state index >= 15 is 0 Å². The number of nitrogens with zero attached hydrogens (tertiary/aromatic N) is 1. The summed E-state index contributed by atoms with van der Waals surface area (Å²) in [5.41, 5.74) is 0.968. The standard InChI is InChI=1S/C15H14N2O3/c18-13-16-8-14-6-5-11(20-14)15(19)7-4-9-2-1-3-10(12(9)15)17(13)14/h1-3,5-6,11,19H,4,7-8H2,(H,16,18)/t11-,14-,15-/m0/s1. The van der Waals surface area contributed by atoms with Gasteiger partial charge in [-0.2, -0.15) is 0 Å². The molecule has 4 aliphatic rings. The fourth-order valence-corrected chi connectivity index (χ4v) is 4.08. The molecule has 3 heterocycles. The highest BCUT2D eigenvalue weighted by atomic mass is 16.6. The Labute approximate surface area is 115 Å². The molecule has 0 radical (unpaired) electrons. The highest BCUT2D eigenvalue weighted by molar-refractivity contribution is 5.98. The second-order valence-electron chi connectivity index (χ2n) is 5.97. The summed E-state index contributed by atoms with van der Waals surface area (Å²) in [5, 5.41) is 14.0. The highest BCUT2D eigenvalue weighted by Crippen LogP contribution is 2.53. The molecule has 3 aliphatic heterocycles. The first kappa shape index (κ1) is 10.9. The summed E-state index contributed by atoms with van der Waals surface area (Å²) in [6, 6.07) is 5.71. The lowest BCUT2D eigenvalue weighted by atomic mass is 9.87. The molecular formula is C15H14N2O3. The van der Waals surface area contributed by atoms with Crippen LogP contribution in [0.5, 0.6) is 0 Å². The first-order valence-electron chi connectivity index (χ1n) is 6.94. The Kier molecular flexibility index (Phi) is 1.67. The van der Waals surface area contributed by atoms with Gasteiger partial charge in [-0.1, -0.05) is 18.2 Å². The van der Waals surface area contributed by atoms with Gasteiger partial charge in [-0.05, 0) is 30.5 Å². The van der Waals surface area contributed by atoms with Crippen LogP contribution >= 0.6 is 0 Å². The van der Waals surface area contributed by atoms with Gasteiger partial charge in [0.25, 0.3) is 0 Å². The van der Waals surface area contributed by atoms with E-state index in [-0.39, 0.29) is 12.1 Å². The van der Waals surface area contributed by atoms with Crippen molar-refractivity contribution in [2.75, 3.05) is 11.4 Å². The molecule has 1 aromatic rings. The molecule has 0 aromatic heterocycles. The number of benzene rings is 1. The van der Waals surface area contributed by atoms with Crippen LogP contribution in [0.25, 0.3) is 0 Å². The zero-order chi connectivity index (χ0) is 13.5. The molecule has 1 aromatic carbocycles. The third-order valence-electron chi connectivity index (χ3n) is 4.99. The van der Waals surface area contributed by atoms with E-state index in [0.29, 0.717) is 13.0 Å². The summed E-state index contributed by atoms with van der Waals surface area (Å²) in [7, 11) is 0. The van der Waals surface area contributed by atoms with Crippen LogP contribution in [-0.4, -0.2) is 29.5 Å². The van der Waals surface area contributed by atoms with Crippen molar-refractivity contribution in [3.8, 4) is 0 Å². The Bertz CT molecular complexity index is 686. The Hall–Kier alpha value is -1.85. The topological polar surface area (TPSA) is 61.8 Å². The van der Waals surface area contributed by atoms with Crippen LogP contribution < -0.4 is 10.2 Å². The monoisotopic (exact) mass is 270 g/mol. The Morgan fingerprint density at radius 3 is 3.25 bits per heavy atom. The smallest absolute Gasteiger partial charge is 0.324 e. The van der Waals surface area contributed by atoms with Crippen molar-refractivity contribution in [1.29, 1.82) is 0 Å². The number of hydrogen-bond donors (Lipinski definition) is 2. The third-order valence-corrected chi connectivity index (χ3v) is 4.99. The maximum atomic E-state index is 12.3. The number of carbonyl (C=O) groups excluding carboxylic acids is 1. The van der Waals surface area contributed by atoms with E-state index in [0.717, 1.165) is 23.2 Å². The maximum absolute atomic E-state index is 12.3. The summed E-state index contributed by atoms with van der Waals surface area (Å²) in [4.78, 5) is 13.9. The lowest BCUT2D eigenvalue weighted by molar-refractivity contribution is -0.115. The number of hydrogen-bond acceptors (Lipinski definition) is 3. The number of nitrogens with one attached hydrogen (secondary N) is 1. The summed E-state index contributed by atoms with van der Waals surface area (Å²) in [6.45, 7) is 0.415. The predicted octanol–water partition coefficient (Wildman–Crippen LogP) is 1.01. The predicted molar refractivity (Wildman–Crippen MR) is 71.3 cm³/mol. The normalized spacial score (nSPS) is 39.5. The van der Waals surface area contributed by atoms with Gasteiger partial charge < -0.3 is 15.2 Å². The van der Waals surface area contributed by atoms with Crippen molar-refractivity contribution in [3.05, 3.63) is 41.5 Å². The van der Waals surface area contributed by atoms with E-state index in [1.54, 1.807) is 4.90 Å². The van der Waals surface area contributed by atoms with Crippen LogP contribution in [0.1, 0.15) is 17.5 Å². The van der Waals surface area contributed by atoms with Gasteiger partial charge >= 0.3 is 6.03 Å². The van der Waals surface area contributed by atoms with Crippen LogP contribution in [0.3, 0.4) is 0 Å². The Morgan fingerprint density at radius 2 is 2.35 bits per heavy atom. The Morgan fingerprint density at radius 1 is 1.45 bits per heavy atom. The number of urea groups is 1. The fraction of sp³-hybridized carbons (Fsp3) is 0.400. The molecular weight excluding hydrogens is 256 g/mol. The second kappa shape index (κ2) is 3.07. The van der Waals surface area contributed by atoms with Crippen molar-refractivity contribution in [3.63, 3.8) is 0 Å². The fourth-order valence-electron chi connectivity index (χ4n) is 4.08. The molecule has 0 saturated carbocycles. The van der Waals surface area contributed by atoms with Crippen molar-refractivity contribution >= 4 is 11.7 Å². The molecule has 2 N–H and O–H groups in total. The number of ether oxygens (including phenoxy) is 1. The molecule has 20 heavy (non-hydrogen) atoms. The quantitative estimate of drug-likeness (QED) is 0.692. The van der Waals surface area contributed by atoms with Gasteiger partial charge in [0, 0.05) is 5.56 Å². The first-order chi connectivity index (χ1) is 9.64. The number of amides is 2. The zero-order valence-corrected chi connectivity index (χ0v) is 10.8. The van der Waals surface area contributed by atoms with Gasteiger partial charge in [-0.3, -0.25) is 4.90 Å². The molecule has 1 saturated heterocycles. The lowest BCUT2D eigenvalue weighted by Gasteiger charge is -2.31. The summed E-state index contributed by atoms with van der Waals surface area (Å²) >= 11 is 0. The minimum absolute atomic E-state index is 0.167. The van der Waals surface area contributed by atoms with Crippen LogP contribution in [-0.2, 0) is 16.8 Å². The van der Waals surface area contributed by atoms with Crippen LogP contribution in [0.4, 0.5) is 10.5 Å². The van der Waals surface area contributed by atoms with Gasteiger partial charge in [0.1, 0.15) is 11.7 Å². The minimum atomic E-state index is -1.02. The van der Waals surface area contributed by atoms with Crippen LogP contribution in [0.2, 0.25) is 0 Å². The number of anilines is 1. The Balaban J connectivity index is 1.88. The molecule has 1 fully saturated rings. The van der Waals surface area contributed by atoms with Gasteiger partial charge in [-0.25, -0.2) is 4.79 Å². The molecule has 2 amide bonds. The SMILES string of the molecule is O=C1NC[C@]23C=C[C@H](O2)[C@@]2(O)CCc4cccc(c42)N13. The van der Waals surface area contributed by atoms with Crippen molar-refractivity contribution < 1.29 is 14.6 Å². The maximum Gasteiger partial charge on any atom is 0.324 e. The van der Waals surface area contributed by atoms with Gasteiger partial charge in [-0.15, -0.1) is 0 Å². The number of fused-ring (bicyclic) bond motifs is 3. The molecule has 5 nitrogen and oxygen atoms in total. The molecule has 102 valence electrons. The molecule has 2 bridgehead atoms. The van der Waals surface area contributed by atoms with Gasteiger partial charge in [0.2, 0.25) is 0 Å². The zero-order valence-electron chi connectivity index (χ0n) is 10.8. The first-order valence-corrected chi connectivity index (χ1v) is 6.94. The lowest BCUT2D eigenvalue weighted by Crippen LogP contribution is -2.47. The number of aliphatic hydroxyl groups is 1. The molecule has 1 spiro atoms. The minimum Gasteiger partial charge on any atom is -0.382 e. The number of aryl methyl sites for hydroxylation is 1. The highest BCUT2D eigenvalue weighted by Gasteiger charge is 2.60. The largest absolute Gasteiger partial charge is 0.382 e. The van der Waals surface area contributed by atoms with Gasteiger partial charge in [0.15, 0.2) is 5.72 Å². The molecule has 3 atom stereocenters. The average Bonchev–Trinajstić information content (AvgIpc) is 3.08. The van der Waals surface area contributed by atoms with E-state index in [1.807, 2.05) is 30.4 Å². The van der Waals surface area contributed by atoms with Crippen LogP contribution in [0.15, 0.2) is 30.4 Å². The molecule has 1 aliphatic carbocycles. The van der Waals surface area contributed by atoms with Crippen molar-refractivity contribution in [2.45, 2.75) is 30.3 Å². The van der Waals surface area contributed by atoms with E-state index in [9.17, 15) is 9.90 Å². The summed E-state index contributed by atoms with van der Waals surface area (Å²) in [5.74, 6) is 0.